The second-order valence-electron chi connectivity index (χ2n) is 7.51. The molecule has 0 radical (unpaired) electrons. The molecule has 1 unspecified atom stereocenters. The summed E-state index contributed by atoms with van der Waals surface area (Å²) in [5.74, 6) is 0.438. The van der Waals surface area contributed by atoms with Gasteiger partial charge in [0.2, 0.25) is 0 Å². The van der Waals surface area contributed by atoms with E-state index < -0.39 is 0 Å². The third-order valence-electron chi connectivity index (χ3n) is 5.70. The van der Waals surface area contributed by atoms with E-state index in [1.54, 1.807) is 4.68 Å². The molecule has 8 nitrogen and oxygen atoms in total. The van der Waals surface area contributed by atoms with Gasteiger partial charge in [0.15, 0.2) is 0 Å². The molecule has 0 aromatic carbocycles. The van der Waals surface area contributed by atoms with Gasteiger partial charge in [-0.25, -0.2) is 9.67 Å². The Labute approximate surface area is 168 Å². The van der Waals surface area contributed by atoms with Crippen LogP contribution in [0.1, 0.15) is 30.3 Å². The van der Waals surface area contributed by atoms with Gasteiger partial charge in [0.05, 0.1) is 41.2 Å². The number of pyridine rings is 2. The zero-order chi connectivity index (χ0) is 19.8. The molecule has 1 atom stereocenters. The summed E-state index contributed by atoms with van der Waals surface area (Å²) in [7, 11) is 1.89. The predicted molar refractivity (Wildman–Crippen MR) is 108 cm³/mol. The summed E-state index contributed by atoms with van der Waals surface area (Å²) in [6, 6.07) is 8.29. The van der Waals surface area contributed by atoms with E-state index >= 15 is 0 Å². The van der Waals surface area contributed by atoms with Crippen molar-refractivity contribution >= 4 is 11.0 Å². The highest BCUT2D eigenvalue weighted by molar-refractivity contribution is 5.79. The molecular formula is C21H23N7O. The lowest BCUT2D eigenvalue weighted by Gasteiger charge is -2.31. The lowest BCUT2D eigenvalue weighted by molar-refractivity contribution is 0.0542. The van der Waals surface area contributed by atoms with Gasteiger partial charge < -0.3 is 9.30 Å². The van der Waals surface area contributed by atoms with Crippen molar-refractivity contribution in [3.8, 4) is 11.4 Å². The van der Waals surface area contributed by atoms with Crippen molar-refractivity contribution in [3.05, 3.63) is 54.4 Å². The average molecular weight is 389 g/mol. The van der Waals surface area contributed by atoms with Crippen molar-refractivity contribution in [2.24, 2.45) is 13.0 Å². The number of rotatable bonds is 4. The highest BCUT2D eigenvalue weighted by atomic mass is 16.5. The van der Waals surface area contributed by atoms with Crippen LogP contribution in [0.5, 0.6) is 0 Å². The first kappa shape index (κ1) is 17.9. The summed E-state index contributed by atoms with van der Waals surface area (Å²) in [5, 5.41) is 8.28. The van der Waals surface area contributed by atoms with E-state index in [1.165, 1.54) is 0 Å². The Morgan fingerprint density at radius 1 is 1.14 bits per heavy atom. The third kappa shape index (κ3) is 3.19. The maximum absolute atomic E-state index is 5.61. The van der Waals surface area contributed by atoms with Crippen molar-refractivity contribution < 1.29 is 4.74 Å². The van der Waals surface area contributed by atoms with E-state index in [1.807, 2.05) is 44.8 Å². The van der Waals surface area contributed by atoms with Gasteiger partial charge in [-0.1, -0.05) is 11.3 Å². The smallest absolute Gasteiger partial charge is 0.110 e. The van der Waals surface area contributed by atoms with E-state index in [-0.39, 0.29) is 6.04 Å². The third-order valence-corrected chi connectivity index (χ3v) is 5.70. The van der Waals surface area contributed by atoms with Crippen LogP contribution in [0.25, 0.3) is 22.4 Å². The van der Waals surface area contributed by atoms with Gasteiger partial charge >= 0.3 is 0 Å². The molecule has 8 heteroatoms. The van der Waals surface area contributed by atoms with E-state index in [4.69, 9.17) is 4.74 Å². The molecule has 5 heterocycles. The van der Waals surface area contributed by atoms with E-state index in [2.05, 4.69) is 42.0 Å². The fourth-order valence-corrected chi connectivity index (χ4v) is 4.29. The number of hydrogen-bond donors (Lipinski definition) is 0. The molecule has 5 rings (SSSR count). The standard InChI is InChI=1S/C21H23N7O/c1-14-20(27(2)26-25-14)17-11-19-18(12-23-17)24-13-28(19)21(15-6-9-29-10-7-15)16-5-3-4-8-22-16/h3-5,8,11-13,15,21H,6-7,9-10H2,1-2H3. The topological polar surface area (TPSA) is 83.5 Å². The maximum atomic E-state index is 5.61. The summed E-state index contributed by atoms with van der Waals surface area (Å²) in [5.41, 5.74) is 5.58. The van der Waals surface area contributed by atoms with Crippen LogP contribution in [0.3, 0.4) is 0 Å². The molecule has 1 aliphatic rings. The summed E-state index contributed by atoms with van der Waals surface area (Å²) in [6.45, 7) is 3.52. The molecule has 1 aliphatic heterocycles. The van der Waals surface area contributed by atoms with Crippen LogP contribution in [-0.2, 0) is 11.8 Å². The number of ether oxygens (including phenoxy) is 1. The minimum Gasteiger partial charge on any atom is -0.381 e. The Balaban J connectivity index is 1.66. The van der Waals surface area contributed by atoms with Crippen LogP contribution < -0.4 is 0 Å². The molecule has 0 amide bonds. The maximum Gasteiger partial charge on any atom is 0.110 e. The minimum absolute atomic E-state index is 0.103. The van der Waals surface area contributed by atoms with E-state index in [0.717, 1.165) is 59.9 Å². The van der Waals surface area contributed by atoms with Gasteiger partial charge in [-0.05, 0) is 43.9 Å². The highest BCUT2D eigenvalue weighted by Crippen LogP contribution is 2.35. The van der Waals surface area contributed by atoms with Gasteiger partial charge in [0.25, 0.3) is 0 Å². The molecule has 4 aromatic rings. The Bertz CT molecular complexity index is 1110. The number of aromatic nitrogens is 7. The largest absolute Gasteiger partial charge is 0.381 e. The zero-order valence-electron chi connectivity index (χ0n) is 16.6. The fraction of sp³-hybridized carbons (Fsp3) is 0.381. The lowest BCUT2D eigenvalue weighted by atomic mass is 9.89. The van der Waals surface area contributed by atoms with Crippen molar-refractivity contribution in [3.63, 3.8) is 0 Å². The molecular weight excluding hydrogens is 366 g/mol. The minimum atomic E-state index is 0.103. The van der Waals surface area contributed by atoms with Crippen LogP contribution in [0.15, 0.2) is 43.0 Å². The number of fused-ring (bicyclic) bond motifs is 1. The van der Waals surface area contributed by atoms with Gasteiger partial charge in [-0.3, -0.25) is 9.97 Å². The number of hydrogen-bond acceptors (Lipinski definition) is 6. The van der Waals surface area contributed by atoms with Crippen LogP contribution in [0.2, 0.25) is 0 Å². The molecule has 1 fully saturated rings. The lowest BCUT2D eigenvalue weighted by Crippen LogP contribution is -2.27. The Kier molecular flexibility index (Phi) is 4.55. The van der Waals surface area contributed by atoms with E-state index in [0.29, 0.717) is 5.92 Å². The fourth-order valence-electron chi connectivity index (χ4n) is 4.29. The average Bonchev–Trinajstić information content (AvgIpc) is 3.32. The highest BCUT2D eigenvalue weighted by Gasteiger charge is 2.29. The van der Waals surface area contributed by atoms with Crippen LogP contribution in [0, 0.1) is 12.8 Å². The molecule has 4 aromatic heterocycles. The first-order valence-corrected chi connectivity index (χ1v) is 9.90. The van der Waals surface area contributed by atoms with Crippen molar-refractivity contribution in [2.75, 3.05) is 13.2 Å². The summed E-state index contributed by atoms with van der Waals surface area (Å²) < 4.78 is 9.62. The Hall–Kier alpha value is -3.13. The molecule has 0 saturated carbocycles. The van der Waals surface area contributed by atoms with Crippen LogP contribution >= 0.6 is 0 Å². The Morgan fingerprint density at radius 3 is 2.72 bits per heavy atom. The van der Waals surface area contributed by atoms with Gasteiger partial charge in [-0.15, -0.1) is 5.10 Å². The number of aryl methyl sites for hydroxylation is 2. The monoisotopic (exact) mass is 389 g/mol. The summed E-state index contributed by atoms with van der Waals surface area (Å²) in [6.07, 6.45) is 7.61. The second-order valence-corrected chi connectivity index (χ2v) is 7.51. The zero-order valence-corrected chi connectivity index (χ0v) is 16.6. The number of imidazole rings is 1. The summed E-state index contributed by atoms with van der Waals surface area (Å²) in [4.78, 5) is 13.9. The van der Waals surface area contributed by atoms with E-state index in [9.17, 15) is 0 Å². The molecule has 29 heavy (non-hydrogen) atoms. The van der Waals surface area contributed by atoms with Crippen molar-refractivity contribution in [2.45, 2.75) is 25.8 Å². The Morgan fingerprint density at radius 2 is 2.00 bits per heavy atom. The van der Waals surface area contributed by atoms with Crippen LogP contribution in [-0.4, -0.2) is 47.7 Å². The van der Waals surface area contributed by atoms with Crippen molar-refractivity contribution in [1.82, 2.24) is 34.5 Å². The van der Waals surface area contributed by atoms with Crippen molar-refractivity contribution in [1.29, 1.82) is 0 Å². The van der Waals surface area contributed by atoms with Gasteiger partial charge in [-0.2, -0.15) is 0 Å². The molecule has 0 aliphatic carbocycles. The normalized spacial score (nSPS) is 16.3. The molecule has 148 valence electrons. The summed E-state index contributed by atoms with van der Waals surface area (Å²) >= 11 is 0. The molecule has 0 N–H and O–H groups in total. The molecule has 1 saturated heterocycles. The van der Waals surface area contributed by atoms with Crippen LogP contribution in [0.4, 0.5) is 0 Å². The second kappa shape index (κ2) is 7.36. The first-order chi connectivity index (χ1) is 14.2. The SMILES string of the molecule is Cc1nnn(C)c1-c1cc2c(cn1)ncn2C(c1ccccn1)C1CCOCC1. The quantitative estimate of drug-likeness (QED) is 0.534. The predicted octanol–water partition coefficient (Wildman–Crippen LogP) is 2.95. The van der Waals surface area contributed by atoms with Gasteiger partial charge in [0.1, 0.15) is 11.2 Å². The first-order valence-electron chi connectivity index (χ1n) is 9.90. The number of nitrogens with zero attached hydrogens (tertiary/aromatic N) is 7. The molecule has 0 bridgehead atoms. The van der Waals surface area contributed by atoms with Gasteiger partial charge in [0, 0.05) is 26.5 Å². The molecule has 0 spiro atoms.